The first-order valence-corrected chi connectivity index (χ1v) is 3.29. The Balaban J connectivity index is 2.96. The Morgan fingerprint density at radius 3 is 2.67 bits per heavy atom. The van der Waals surface area contributed by atoms with Gasteiger partial charge in [-0.25, -0.2) is 18.7 Å². The number of aromatic nitrogens is 2. The molecule has 1 rings (SSSR count). The van der Waals surface area contributed by atoms with Crippen LogP contribution in [0.25, 0.3) is 0 Å². The van der Waals surface area contributed by atoms with E-state index in [1.807, 2.05) is 0 Å². The number of alkyl halides is 2. The van der Waals surface area contributed by atoms with Crippen LogP contribution >= 0.6 is 11.6 Å². The van der Waals surface area contributed by atoms with Crippen molar-refractivity contribution in [1.82, 2.24) is 9.97 Å². The summed E-state index contributed by atoms with van der Waals surface area (Å²) in [6, 6.07) is 0.996. The minimum absolute atomic E-state index is 0.0333. The molecule has 0 radical (unpaired) electrons. The summed E-state index contributed by atoms with van der Waals surface area (Å²) >= 11 is 5.35. The van der Waals surface area contributed by atoms with Crippen molar-refractivity contribution in [3.8, 4) is 0 Å². The molecule has 0 saturated heterocycles. The molecule has 0 amide bonds. The molecule has 1 aromatic heterocycles. The van der Waals surface area contributed by atoms with E-state index in [1.165, 1.54) is 0 Å². The lowest BCUT2D eigenvalue weighted by Crippen LogP contribution is -2.12. The number of ketones is 1. The lowest BCUT2D eigenvalue weighted by molar-refractivity contribution is 0.0673. The number of halogens is 3. The molecule has 0 aliphatic rings. The first kappa shape index (κ1) is 8.99. The largest absolute Gasteiger partial charge is 0.302 e. The van der Waals surface area contributed by atoms with E-state index in [0.717, 1.165) is 12.4 Å². The molecular weight excluding hydrogens is 190 g/mol. The fourth-order valence-electron chi connectivity index (χ4n) is 0.580. The van der Waals surface area contributed by atoms with Crippen molar-refractivity contribution in [2.45, 2.75) is 6.43 Å². The van der Waals surface area contributed by atoms with Crippen molar-refractivity contribution in [3.63, 3.8) is 0 Å². The van der Waals surface area contributed by atoms with Crippen LogP contribution in [0.1, 0.15) is 10.5 Å². The van der Waals surface area contributed by atoms with Gasteiger partial charge in [0.25, 0.3) is 0 Å². The van der Waals surface area contributed by atoms with E-state index < -0.39 is 12.2 Å². The molecule has 12 heavy (non-hydrogen) atoms. The SMILES string of the molecule is O=C(c1cc(Cl)ncn1)C(F)F. The van der Waals surface area contributed by atoms with Crippen LogP contribution in [0.5, 0.6) is 0 Å². The van der Waals surface area contributed by atoms with Crippen molar-refractivity contribution in [2.75, 3.05) is 0 Å². The molecule has 0 saturated carbocycles. The van der Waals surface area contributed by atoms with Gasteiger partial charge in [-0.3, -0.25) is 4.79 Å². The number of Topliss-reactive ketones (excluding diaryl/α,β-unsaturated/α-hetero) is 1. The zero-order valence-electron chi connectivity index (χ0n) is 5.67. The summed E-state index contributed by atoms with van der Waals surface area (Å²) < 4.78 is 23.6. The summed E-state index contributed by atoms with van der Waals surface area (Å²) in [5.74, 6) is -1.35. The molecule has 6 heteroatoms. The van der Waals surface area contributed by atoms with E-state index in [9.17, 15) is 13.6 Å². The Kier molecular flexibility index (Phi) is 2.65. The number of nitrogens with zero attached hydrogens (tertiary/aromatic N) is 2. The summed E-state index contributed by atoms with van der Waals surface area (Å²) in [4.78, 5) is 17.4. The number of hydrogen-bond acceptors (Lipinski definition) is 3. The van der Waals surface area contributed by atoms with Gasteiger partial charge in [0.15, 0.2) is 0 Å². The number of carbonyl (C=O) groups is 1. The average Bonchev–Trinajstić information content (AvgIpc) is 2.03. The Hall–Kier alpha value is -1.10. The molecule has 0 aromatic carbocycles. The van der Waals surface area contributed by atoms with Crippen molar-refractivity contribution in [1.29, 1.82) is 0 Å². The summed E-state index contributed by atoms with van der Waals surface area (Å²) in [5, 5.41) is -0.0333. The topological polar surface area (TPSA) is 42.9 Å². The molecule has 0 aliphatic carbocycles. The number of rotatable bonds is 2. The predicted octanol–water partition coefficient (Wildman–Crippen LogP) is 1.58. The van der Waals surface area contributed by atoms with Gasteiger partial charge in [-0.15, -0.1) is 0 Å². The Morgan fingerprint density at radius 1 is 1.50 bits per heavy atom. The van der Waals surface area contributed by atoms with E-state index in [4.69, 9.17) is 11.6 Å². The average molecular weight is 193 g/mol. The van der Waals surface area contributed by atoms with Gasteiger partial charge in [0, 0.05) is 6.07 Å². The molecule has 0 spiro atoms. The van der Waals surface area contributed by atoms with Crippen molar-refractivity contribution in [2.24, 2.45) is 0 Å². The molecule has 3 nitrogen and oxygen atoms in total. The van der Waals surface area contributed by atoms with Gasteiger partial charge in [0.05, 0.1) is 0 Å². The van der Waals surface area contributed by atoms with E-state index in [1.54, 1.807) is 0 Å². The molecule has 0 fully saturated rings. The second-order valence-corrected chi connectivity index (χ2v) is 2.28. The second kappa shape index (κ2) is 3.53. The van der Waals surface area contributed by atoms with Crippen LogP contribution in [0.2, 0.25) is 5.15 Å². The first-order chi connectivity index (χ1) is 5.61. The molecule has 0 N–H and O–H groups in total. The van der Waals surface area contributed by atoms with Gasteiger partial charge >= 0.3 is 6.43 Å². The van der Waals surface area contributed by atoms with E-state index in [2.05, 4.69) is 9.97 Å². The van der Waals surface area contributed by atoms with Gasteiger partial charge in [0.2, 0.25) is 5.78 Å². The van der Waals surface area contributed by atoms with Gasteiger partial charge in [0.1, 0.15) is 17.2 Å². The standard InChI is InChI=1S/C6H3ClF2N2O/c7-4-1-3(10-2-11-4)5(12)6(8)9/h1-2,6H. The van der Waals surface area contributed by atoms with Crippen LogP contribution in [0.15, 0.2) is 12.4 Å². The van der Waals surface area contributed by atoms with Gasteiger partial charge in [-0.2, -0.15) is 0 Å². The van der Waals surface area contributed by atoms with Gasteiger partial charge in [-0.05, 0) is 0 Å². The van der Waals surface area contributed by atoms with Crippen molar-refractivity contribution < 1.29 is 13.6 Å². The summed E-state index contributed by atoms with van der Waals surface area (Å²) in [7, 11) is 0. The van der Waals surface area contributed by atoms with E-state index >= 15 is 0 Å². The number of hydrogen-bond donors (Lipinski definition) is 0. The van der Waals surface area contributed by atoms with Crippen molar-refractivity contribution >= 4 is 17.4 Å². The molecule has 0 atom stereocenters. The first-order valence-electron chi connectivity index (χ1n) is 2.91. The highest BCUT2D eigenvalue weighted by atomic mass is 35.5. The summed E-state index contributed by atoms with van der Waals surface area (Å²) in [5.41, 5.74) is -0.370. The third-order valence-corrected chi connectivity index (χ3v) is 1.29. The maximum atomic E-state index is 11.8. The number of carbonyl (C=O) groups excluding carboxylic acids is 1. The van der Waals surface area contributed by atoms with Crippen LogP contribution in [-0.4, -0.2) is 22.2 Å². The molecule has 64 valence electrons. The van der Waals surface area contributed by atoms with E-state index in [0.29, 0.717) is 0 Å². The summed E-state index contributed by atoms with van der Waals surface area (Å²) in [6.45, 7) is 0. The molecule has 0 aliphatic heterocycles. The predicted molar refractivity (Wildman–Crippen MR) is 37.4 cm³/mol. The minimum Gasteiger partial charge on any atom is -0.286 e. The zero-order valence-corrected chi connectivity index (χ0v) is 6.42. The third-order valence-electron chi connectivity index (χ3n) is 1.08. The van der Waals surface area contributed by atoms with Crippen LogP contribution in [0.4, 0.5) is 8.78 Å². The Labute approximate surface area is 71.4 Å². The molecule has 0 unspecified atom stereocenters. The molecule has 1 heterocycles. The van der Waals surface area contributed by atoms with Gasteiger partial charge < -0.3 is 0 Å². The van der Waals surface area contributed by atoms with Crippen LogP contribution in [0.3, 0.4) is 0 Å². The lowest BCUT2D eigenvalue weighted by atomic mass is 10.3. The van der Waals surface area contributed by atoms with Gasteiger partial charge in [-0.1, -0.05) is 11.6 Å². The maximum Gasteiger partial charge on any atom is 0.302 e. The zero-order chi connectivity index (χ0) is 9.14. The summed E-state index contributed by atoms with van der Waals surface area (Å²) in [6.07, 6.45) is -2.10. The normalized spacial score (nSPS) is 10.3. The fraction of sp³-hybridized carbons (Fsp3) is 0.167. The highest BCUT2D eigenvalue weighted by Crippen LogP contribution is 2.08. The van der Waals surface area contributed by atoms with Crippen LogP contribution in [0, 0.1) is 0 Å². The van der Waals surface area contributed by atoms with Crippen LogP contribution in [-0.2, 0) is 0 Å². The highest BCUT2D eigenvalue weighted by molar-refractivity contribution is 6.29. The second-order valence-electron chi connectivity index (χ2n) is 1.89. The Bertz CT molecular complexity index is 305. The smallest absolute Gasteiger partial charge is 0.286 e. The lowest BCUT2D eigenvalue weighted by Gasteiger charge is -1.96. The minimum atomic E-state index is -3.06. The fourth-order valence-corrected chi connectivity index (χ4v) is 0.727. The van der Waals surface area contributed by atoms with Crippen molar-refractivity contribution in [3.05, 3.63) is 23.2 Å². The quantitative estimate of drug-likeness (QED) is 0.528. The van der Waals surface area contributed by atoms with Crippen LogP contribution < -0.4 is 0 Å². The molecular formula is C6H3ClF2N2O. The third kappa shape index (κ3) is 1.94. The van der Waals surface area contributed by atoms with E-state index in [-0.39, 0.29) is 10.8 Å². The maximum absolute atomic E-state index is 11.8. The highest BCUT2D eigenvalue weighted by Gasteiger charge is 2.19. The molecule has 0 bridgehead atoms. The molecule has 1 aromatic rings. The Morgan fingerprint density at radius 2 is 2.17 bits per heavy atom. The monoisotopic (exact) mass is 192 g/mol.